The first-order valence-electron chi connectivity index (χ1n) is 18.8. The van der Waals surface area contributed by atoms with Gasteiger partial charge in [-0.25, -0.2) is 4.39 Å². The molecule has 4 nitrogen and oxygen atoms in total. The van der Waals surface area contributed by atoms with Gasteiger partial charge in [0.1, 0.15) is 11.9 Å². The summed E-state index contributed by atoms with van der Waals surface area (Å²) in [6, 6.07) is 16.2. The predicted octanol–water partition coefficient (Wildman–Crippen LogP) is 9.17. The monoisotopic (exact) mass is 631 g/mol. The highest BCUT2D eigenvalue weighted by atomic mass is 19.1. The van der Waals surface area contributed by atoms with Gasteiger partial charge < -0.3 is 15.1 Å². The van der Waals surface area contributed by atoms with Crippen molar-refractivity contribution in [1.82, 2.24) is 4.90 Å². The van der Waals surface area contributed by atoms with Crippen molar-refractivity contribution < 1.29 is 19.4 Å². The number of aliphatic hydroxyl groups excluding tert-OH is 1. The number of unbranched alkanes of at least 4 members (excludes halogenated alkanes) is 2. The lowest BCUT2D eigenvalue weighted by molar-refractivity contribution is -0.131. The Morgan fingerprint density at radius 2 is 1.72 bits per heavy atom. The molecule has 4 aliphatic rings. The van der Waals surface area contributed by atoms with Crippen LogP contribution in [0.1, 0.15) is 126 Å². The summed E-state index contributed by atoms with van der Waals surface area (Å²) in [6.45, 7) is 3.79. The van der Waals surface area contributed by atoms with Crippen LogP contribution in [0, 0.1) is 29.1 Å². The van der Waals surface area contributed by atoms with Crippen LogP contribution in [0.4, 0.5) is 4.39 Å². The number of hydrogen-bond donors (Lipinski definition) is 2. The Hall–Kier alpha value is -2.40. The fraction of sp³-hybridized carbons (Fsp3) is 0.683. The average molecular weight is 632 g/mol. The number of hydrogen-bond acceptors (Lipinski definition) is 3. The van der Waals surface area contributed by atoms with Gasteiger partial charge in [-0.2, -0.15) is 0 Å². The van der Waals surface area contributed by atoms with Crippen molar-refractivity contribution in [2.45, 2.75) is 134 Å². The molecule has 46 heavy (non-hydrogen) atoms. The first-order valence-corrected chi connectivity index (χ1v) is 18.8. The van der Waals surface area contributed by atoms with Crippen LogP contribution in [-0.2, 0) is 17.6 Å². The zero-order chi connectivity index (χ0) is 32.1. The van der Waals surface area contributed by atoms with E-state index in [0.717, 1.165) is 94.3 Å². The third kappa shape index (κ3) is 7.50. The fourth-order valence-electron chi connectivity index (χ4n) is 10.4. The Bertz CT molecular complexity index is 1280. The highest BCUT2D eigenvalue weighted by molar-refractivity contribution is 5.76. The maximum Gasteiger partial charge on any atom is 0.222 e. The molecule has 0 aromatic heterocycles. The molecule has 2 aromatic rings. The molecule has 2 aromatic carbocycles. The molecule has 0 spiro atoms. The molecule has 0 heterocycles. The molecule has 3 fully saturated rings. The summed E-state index contributed by atoms with van der Waals surface area (Å²) in [5.74, 6) is 2.12. The molecular weight excluding hydrogens is 573 g/mol. The third-order valence-electron chi connectivity index (χ3n) is 12.9. The van der Waals surface area contributed by atoms with Crippen LogP contribution in [0.3, 0.4) is 0 Å². The minimum absolute atomic E-state index is 0.139. The van der Waals surface area contributed by atoms with Crippen molar-refractivity contribution in [2.75, 3.05) is 13.1 Å². The van der Waals surface area contributed by atoms with Crippen LogP contribution >= 0.6 is 0 Å². The van der Waals surface area contributed by atoms with Crippen molar-refractivity contribution in [2.24, 2.45) is 29.1 Å². The average Bonchev–Trinajstić information content (AvgIpc) is 3.36. The number of phenols is 1. The molecule has 2 N–H and O–H groups in total. The van der Waals surface area contributed by atoms with E-state index in [9.17, 15) is 15.0 Å². The Balaban J connectivity index is 1.06. The number of aromatic hydroxyl groups is 1. The molecule has 6 rings (SSSR count). The Labute approximate surface area is 277 Å². The lowest BCUT2D eigenvalue weighted by atomic mass is 9.51. The summed E-state index contributed by atoms with van der Waals surface area (Å²) in [7, 11) is 0. The zero-order valence-electron chi connectivity index (χ0n) is 28.2. The third-order valence-corrected chi connectivity index (χ3v) is 12.9. The Morgan fingerprint density at radius 1 is 0.935 bits per heavy atom. The van der Waals surface area contributed by atoms with E-state index in [1.807, 2.05) is 12.1 Å². The number of alkyl halides is 1. The predicted molar refractivity (Wildman–Crippen MR) is 184 cm³/mol. The number of carbonyl (C=O) groups is 1. The molecule has 0 bridgehead atoms. The Kier molecular flexibility index (Phi) is 11.1. The zero-order valence-corrected chi connectivity index (χ0v) is 28.2. The normalized spacial score (nSPS) is 30.8. The number of rotatable bonds is 13. The molecule has 5 heteroatoms. The minimum atomic E-state index is -0.964. The van der Waals surface area contributed by atoms with Gasteiger partial charge in [0.05, 0.1) is 6.10 Å². The first-order chi connectivity index (χ1) is 22.3. The number of aryl methyl sites for hydroxylation is 1. The standard InChI is InChI=1S/C41H58FNO3/c1-41-28-36(42)40-34-20-19-33(44)27-32(34)26-31(39(40)35(41)21-22-37(41)45)17-9-4-10-24-43(25-11-16-29-12-5-2-6-13-29)38(46)23-18-30-14-7-3-8-15-30/h2,5-6,12-13,19-20,27,30-31,35-37,39-40,44-45H,3-4,7-11,14-18,21-26,28H2,1H3/t31-,35+,36+,37+,39+,40+,41+/m1/s1. The summed E-state index contributed by atoms with van der Waals surface area (Å²) in [5.41, 5.74) is 3.20. The molecule has 1 amide bonds. The van der Waals surface area contributed by atoms with Crippen LogP contribution in [-0.4, -0.2) is 46.4 Å². The molecule has 0 saturated heterocycles. The molecule has 7 atom stereocenters. The summed E-state index contributed by atoms with van der Waals surface area (Å²) < 4.78 is 16.1. The molecule has 252 valence electrons. The van der Waals surface area contributed by atoms with Gasteiger partial charge in [0.15, 0.2) is 0 Å². The van der Waals surface area contributed by atoms with Crippen LogP contribution in [0.15, 0.2) is 48.5 Å². The van der Waals surface area contributed by atoms with E-state index < -0.39 is 12.3 Å². The number of amides is 1. The maximum absolute atomic E-state index is 16.1. The van der Waals surface area contributed by atoms with Gasteiger partial charge in [-0.05, 0) is 116 Å². The number of aliphatic hydroxyl groups is 1. The summed E-state index contributed by atoms with van der Waals surface area (Å²) >= 11 is 0. The van der Waals surface area contributed by atoms with Crippen LogP contribution < -0.4 is 0 Å². The van der Waals surface area contributed by atoms with Crippen LogP contribution in [0.25, 0.3) is 0 Å². The molecule has 0 radical (unpaired) electrons. The highest BCUT2D eigenvalue weighted by Gasteiger charge is 2.59. The molecule has 0 unspecified atom stereocenters. The van der Waals surface area contributed by atoms with Gasteiger partial charge in [0, 0.05) is 25.4 Å². The largest absolute Gasteiger partial charge is 0.508 e. The van der Waals surface area contributed by atoms with Gasteiger partial charge in [0.25, 0.3) is 0 Å². The van der Waals surface area contributed by atoms with E-state index in [-0.39, 0.29) is 23.0 Å². The van der Waals surface area contributed by atoms with E-state index >= 15 is 4.39 Å². The number of carbonyl (C=O) groups excluding carboxylic acids is 1. The second-order valence-corrected chi connectivity index (χ2v) is 15.7. The first kappa shape index (κ1) is 33.5. The number of benzene rings is 2. The van der Waals surface area contributed by atoms with Gasteiger partial charge in [-0.1, -0.05) is 88.3 Å². The fourth-order valence-corrected chi connectivity index (χ4v) is 10.4. The smallest absolute Gasteiger partial charge is 0.222 e. The maximum atomic E-state index is 16.1. The number of halogens is 1. The van der Waals surface area contributed by atoms with Gasteiger partial charge in [-0.15, -0.1) is 0 Å². The topological polar surface area (TPSA) is 60.8 Å². The SMILES string of the molecule is C[C@]12C[C@H](F)[C@@H]3c4ccc(O)cc4C[C@@H](CCCCCN(CCCc4ccccc4)C(=O)CCC4CCCCC4)[C@H]3[C@@H]1CC[C@@H]2O. The number of fused-ring (bicyclic) bond motifs is 5. The lowest BCUT2D eigenvalue weighted by Gasteiger charge is -2.54. The summed E-state index contributed by atoms with van der Waals surface area (Å²) in [6.07, 6.45) is 16.2. The quantitative estimate of drug-likeness (QED) is 0.217. The van der Waals surface area contributed by atoms with Crippen molar-refractivity contribution in [3.63, 3.8) is 0 Å². The number of nitrogens with zero attached hydrogens (tertiary/aromatic N) is 1. The second kappa shape index (κ2) is 15.2. The van der Waals surface area contributed by atoms with Gasteiger partial charge >= 0.3 is 0 Å². The highest BCUT2D eigenvalue weighted by Crippen LogP contribution is 2.63. The molecule has 3 saturated carbocycles. The van der Waals surface area contributed by atoms with Crippen LogP contribution in [0.2, 0.25) is 0 Å². The van der Waals surface area contributed by atoms with E-state index in [2.05, 4.69) is 42.2 Å². The van der Waals surface area contributed by atoms with Crippen molar-refractivity contribution >= 4 is 5.91 Å². The van der Waals surface area contributed by atoms with Crippen molar-refractivity contribution in [3.05, 3.63) is 65.2 Å². The van der Waals surface area contributed by atoms with Crippen molar-refractivity contribution in [1.29, 1.82) is 0 Å². The van der Waals surface area contributed by atoms with Gasteiger partial charge in [0.2, 0.25) is 5.91 Å². The summed E-state index contributed by atoms with van der Waals surface area (Å²) in [5, 5.41) is 21.2. The second-order valence-electron chi connectivity index (χ2n) is 15.7. The molecular formula is C41H58FNO3. The van der Waals surface area contributed by atoms with E-state index in [1.54, 1.807) is 6.07 Å². The molecule has 4 aliphatic carbocycles. The lowest BCUT2D eigenvalue weighted by Crippen LogP contribution is -2.51. The van der Waals surface area contributed by atoms with E-state index in [0.29, 0.717) is 30.6 Å². The Morgan fingerprint density at radius 3 is 2.52 bits per heavy atom. The van der Waals surface area contributed by atoms with Crippen LogP contribution in [0.5, 0.6) is 5.75 Å². The minimum Gasteiger partial charge on any atom is -0.508 e. The van der Waals surface area contributed by atoms with Gasteiger partial charge in [-0.3, -0.25) is 4.79 Å². The number of phenolic OH excluding ortho intramolecular Hbond substituents is 1. The summed E-state index contributed by atoms with van der Waals surface area (Å²) in [4.78, 5) is 15.6. The van der Waals surface area contributed by atoms with Crippen molar-refractivity contribution in [3.8, 4) is 5.75 Å². The molecule has 0 aliphatic heterocycles. The van der Waals surface area contributed by atoms with E-state index in [4.69, 9.17) is 0 Å². The van der Waals surface area contributed by atoms with E-state index in [1.165, 1.54) is 37.7 Å².